The summed E-state index contributed by atoms with van der Waals surface area (Å²) in [5, 5.41) is 3.00. The summed E-state index contributed by atoms with van der Waals surface area (Å²) in [4.78, 5) is 42.4. The van der Waals surface area contributed by atoms with Gasteiger partial charge in [0, 0.05) is 13.0 Å². The Balaban J connectivity index is 1.10. The molecule has 0 aromatic heterocycles. The van der Waals surface area contributed by atoms with E-state index in [0.29, 0.717) is 0 Å². The van der Waals surface area contributed by atoms with Crippen molar-refractivity contribution in [3.63, 3.8) is 0 Å². The lowest BCUT2D eigenvalue weighted by Crippen LogP contribution is -2.67. The molecule has 9 rings (SSSR count). The second-order valence-corrected chi connectivity index (χ2v) is 15.8. The molecule has 0 unspecified atom stereocenters. The smallest absolute Gasteiger partial charge is 0.407 e. The second-order valence-electron chi connectivity index (χ2n) is 15.8. The average Bonchev–Trinajstić information content (AvgIpc) is 3.69. The zero-order chi connectivity index (χ0) is 44.6. The highest BCUT2D eigenvalue weighted by atomic mass is 16.7. The number of hydrogen-bond acceptors (Lipinski definition) is 9. The Morgan fingerprint density at radius 1 is 0.523 bits per heavy atom. The molecular weight excluding hydrogens is 819 g/mol. The lowest BCUT2D eigenvalue weighted by Gasteiger charge is -2.46. The Morgan fingerprint density at radius 3 is 1.40 bits per heavy atom. The van der Waals surface area contributed by atoms with Crippen LogP contribution >= 0.6 is 0 Å². The van der Waals surface area contributed by atoms with Crippen molar-refractivity contribution in [2.45, 2.75) is 42.2 Å². The monoisotopic (exact) mass is 865 g/mol. The minimum atomic E-state index is -1.39. The van der Waals surface area contributed by atoms with Crippen LogP contribution in [0.15, 0.2) is 200 Å². The molecule has 1 saturated heterocycles. The molecule has 1 amide bonds. The second kappa shape index (κ2) is 19.6. The molecular formula is C55H47NO9. The topological polar surface area (TPSA) is 119 Å². The van der Waals surface area contributed by atoms with Gasteiger partial charge in [-0.1, -0.05) is 176 Å². The number of methoxy groups -OCH3 is 1. The SMILES string of the molecule is CO[C@@H]1O[C@H](COC(c2ccccc2)(c2ccccc2)c2ccccc2)[C@@H](NC(=O)OCC2c3ccccc3-c3ccccc32)[C@H](OC(=O)c2ccccc2)[C@H]1OC(=O)c1ccccc1. The lowest BCUT2D eigenvalue weighted by atomic mass is 9.80. The van der Waals surface area contributed by atoms with Crippen molar-refractivity contribution in [2.24, 2.45) is 0 Å². The van der Waals surface area contributed by atoms with Crippen LogP contribution in [0.2, 0.25) is 0 Å². The van der Waals surface area contributed by atoms with Gasteiger partial charge in [0.05, 0.1) is 17.7 Å². The van der Waals surface area contributed by atoms with Gasteiger partial charge in [0.25, 0.3) is 0 Å². The van der Waals surface area contributed by atoms with Crippen LogP contribution in [0.1, 0.15) is 54.5 Å². The number of alkyl carbamates (subject to hydrolysis) is 1. The molecule has 1 aliphatic carbocycles. The van der Waals surface area contributed by atoms with Crippen LogP contribution in [0.5, 0.6) is 0 Å². The summed E-state index contributed by atoms with van der Waals surface area (Å²) >= 11 is 0. The molecule has 1 heterocycles. The first kappa shape index (κ1) is 42.9. The lowest BCUT2D eigenvalue weighted by molar-refractivity contribution is -0.275. The molecule has 65 heavy (non-hydrogen) atoms. The first-order chi connectivity index (χ1) is 31.9. The molecule has 0 bridgehead atoms. The van der Waals surface area contributed by atoms with Crippen molar-refractivity contribution < 1.29 is 42.8 Å². The van der Waals surface area contributed by atoms with Crippen LogP contribution in [0.3, 0.4) is 0 Å². The Kier molecular flexibility index (Phi) is 12.9. The number of benzene rings is 7. The van der Waals surface area contributed by atoms with Gasteiger partial charge in [0.2, 0.25) is 0 Å². The third-order valence-electron chi connectivity index (χ3n) is 12.0. The van der Waals surface area contributed by atoms with E-state index in [-0.39, 0.29) is 30.3 Å². The standard InChI is InChI=1S/C55H47NO9/c1-60-53-50(65-52(58)38-23-9-3-10-24-38)49(64-51(57)37-21-7-2-8-22-37)48(56-54(59)61-35-46-44-33-19-17-31-42(44)43-32-18-20-34-45(43)46)47(63-53)36-62-55(39-25-11-4-12-26-39,40-27-13-5-14-28-40)41-29-15-6-16-30-41/h2-34,46-50,53H,35-36H2,1H3,(H,56,59)/t47-,48-,49+,50-,53-/m1/s1. The predicted octanol–water partition coefficient (Wildman–Crippen LogP) is 9.72. The van der Waals surface area contributed by atoms with Gasteiger partial charge in [-0.25, -0.2) is 14.4 Å². The minimum absolute atomic E-state index is 0.00925. The molecule has 10 nitrogen and oxygen atoms in total. The van der Waals surface area contributed by atoms with E-state index in [2.05, 4.69) is 17.4 Å². The van der Waals surface area contributed by atoms with E-state index >= 15 is 0 Å². The van der Waals surface area contributed by atoms with Crippen LogP contribution in [-0.2, 0) is 34.0 Å². The predicted molar refractivity (Wildman–Crippen MR) is 244 cm³/mol. The van der Waals surface area contributed by atoms with Gasteiger partial charge in [-0.3, -0.25) is 0 Å². The van der Waals surface area contributed by atoms with E-state index in [9.17, 15) is 14.4 Å². The molecule has 5 atom stereocenters. The van der Waals surface area contributed by atoms with Gasteiger partial charge in [0.1, 0.15) is 24.4 Å². The minimum Gasteiger partial charge on any atom is -0.452 e. The van der Waals surface area contributed by atoms with Crippen molar-refractivity contribution >= 4 is 18.0 Å². The zero-order valence-corrected chi connectivity index (χ0v) is 35.6. The largest absolute Gasteiger partial charge is 0.452 e. The Bertz CT molecular complexity index is 2560. The maximum absolute atomic E-state index is 14.4. The number of nitrogens with one attached hydrogen (secondary N) is 1. The third-order valence-corrected chi connectivity index (χ3v) is 12.0. The van der Waals surface area contributed by atoms with E-state index in [4.69, 9.17) is 28.4 Å². The van der Waals surface area contributed by atoms with Crippen LogP contribution in [-0.4, -0.2) is 69.0 Å². The fourth-order valence-electron chi connectivity index (χ4n) is 8.96. The van der Waals surface area contributed by atoms with Crippen LogP contribution in [0.25, 0.3) is 11.1 Å². The van der Waals surface area contributed by atoms with E-state index in [0.717, 1.165) is 38.9 Å². The van der Waals surface area contributed by atoms with E-state index < -0.39 is 54.3 Å². The highest BCUT2D eigenvalue weighted by molar-refractivity contribution is 5.90. The van der Waals surface area contributed by atoms with Gasteiger partial charge >= 0.3 is 18.0 Å². The number of carbonyl (C=O) groups is 3. The highest BCUT2D eigenvalue weighted by Crippen LogP contribution is 2.45. The Labute approximate surface area is 377 Å². The summed E-state index contributed by atoms with van der Waals surface area (Å²) in [5.74, 6) is -1.67. The number of amides is 1. The van der Waals surface area contributed by atoms with Crippen LogP contribution < -0.4 is 5.32 Å². The summed E-state index contributed by atoms with van der Waals surface area (Å²) in [6.07, 6.45) is -5.95. The highest BCUT2D eigenvalue weighted by Gasteiger charge is 2.53. The van der Waals surface area contributed by atoms with Crippen molar-refractivity contribution in [1.29, 1.82) is 0 Å². The maximum Gasteiger partial charge on any atom is 0.407 e. The van der Waals surface area contributed by atoms with Gasteiger partial charge in [-0.15, -0.1) is 0 Å². The molecule has 1 N–H and O–H groups in total. The van der Waals surface area contributed by atoms with Crippen LogP contribution in [0, 0.1) is 0 Å². The molecule has 7 aromatic rings. The first-order valence-electron chi connectivity index (χ1n) is 21.6. The zero-order valence-electron chi connectivity index (χ0n) is 35.6. The molecule has 7 aromatic carbocycles. The van der Waals surface area contributed by atoms with E-state index in [1.165, 1.54) is 7.11 Å². The molecule has 0 radical (unpaired) electrons. The first-order valence-corrected chi connectivity index (χ1v) is 21.6. The fourth-order valence-corrected chi connectivity index (χ4v) is 8.96. The molecule has 10 heteroatoms. The van der Waals surface area contributed by atoms with Gasteiger partial charge < -0.3 is 33.7 Å². The summed E-state index contributed by atoms with van der Waals surface area (Å²) < 4.78 is 38.5. The summed E-state index contributed by atoms with van der Waals surface area (Å²) in [5.41, 5.74) is 6.03. The molecule has 0 spiro atoms. The van der Waals surface area contributed by atoms with Crippen molar-refractivity contribution in [3.8, 4) is 11.1 Å². The maximum atomic E-state index is 14.4. The number of fused-ring (bicyclic) bond motifs is 3. The molecule has 326 valence electrons. The summed E-state index contributed by atoms with van der Waals surface area (Å²) in [6, 6.07) is 61.2. The number of carbonyl (C=O) groups excluding carboxylic acids is 3. The van der Waals surface area contributed by atoms with Crippen molar-refractivity contribution in [2.75, 3.05) is 20.3 Å². The molecule has 0 saturated carbocycles. The van der Waals surface area contributed by atoms with E-state index in [1.807, 2.05) is 127 Å². The number of esters is 2. The summed E-state index contributed by atoms with van der Waals surface area (Å²) in [6.45, 7) is -0.180. The number of rotatable bonds is 14. The van der Waals surface area contributed by atoms with Crippen molar-refractivity contribution in [1.82, 2.24) is 5.32 Å². The summed E-state index contributed by atoms with van der Waals surface area (Å²) in [7, 11) is 1.41. The number of ether oxygens (including phenoxy) is 6. The van der Waals surface area contributed by atoms with Gasteiger partial charge in [-0.05, 0) is 63.2 Å². The quantitative estimate of drug-likeness (QED) is 0.0648. The Hall–Kier alpha value is -7.37. The van der Waals surface area contributed by atoms with E-state index in [1.54, 1.807) is 60.7 Å². The molecule has 1 aliphatic heterocycles. The van der Waals surface area contributed by atoms with Gasteiger partial charge in [-0.2, -0.15) is 0 Å². The number of hydrogen-bond donors (Lipinski definition) is 1. The Morgan fingerprint density at radius 2 is 0.938 bits per heavy atom. The van der Waals surface area contributed by atoms with Crippen LogP contribution in [0.4, 0.5) is 4.79 Å². The molecule has 1 fully saturated rings. The molecule has 2 aliphatic rings. The van der Waals surface area contributed by atoms with Gasteiger partial charge in [0.15, 0.2) is 18.5 Å². The fraction of sp³-hybridized carbons (Fsp3) is 0.182. The third kappa shape index (κ3) is 8.92. The van der Waals surface area contributed by atoms with Crippen molar-refractivity contribution in [3.05, 3.63) is 239 Å². The normalized spacial score (nSPS) is 19.0. The average molecular weight is 866 g/mol.